The largest absolute Gasteiger partial charge is 0.481 e. The number of rotatable bonds is 5. The molecule has 25 heavy (non-hydrogen) atoms. The molecule has 0 aliphatic carbocycles. The van der Waals surface area contributed by atoms with Gasteiger partial charge >= 0.3 is 5.97 Å². The monoisotopic (exact) mass is 361 g/mol. The Bertz CT molecular complexity index is 890. The quantitative estimate of drug-likeness (QED) is 0.849. The molecular formula is C19H23NO4S. The molecule has 0 fully saturated rings. The molecule has 2 aromatic carbocycles. The average Bonchev–Trinajstić information content (AvgIpc) is 2.45. The topological polar surface area (TPSA) is 83.5 Å². The van der Waals surface area contributed by atoms with E-state index in [1.54, 1.807) is 52.0 Å². The second-order valence-electron chi connectivity index (χ2n) is 6.84. The van der Waals surface area contributed by atoms with Gasteiger partial charge in [-0.2, -0.15) is 0 Å². The van der Waals surface area contributed by atoms with Crippen molar-refractivity contribution < 1.29 is 18.3 Å². The summed E-state index contributed by atoms with van der Waals surface area (Å²) in [6.07, 6.45) is 0. The predicted octanol–water partition coefficient (Wildman–Crippen LogP) is 3.77. The highest BCUT2D eigenvalue weighted by Gasteiger charge is 2.29. The summed E-state index contributed by atoms with van der Waals surface area (Å²) in [5.41, 5.74) is 2.34. The van der Waals surface area contributed by atoms with Crippen molar-refractivity contribution in [1.82, 2.24) is 0 Å². The van der Waals surface area contributed by atoms with E-state index in [1.165, 1.54) is 0 Å². The van der Waals surface area contributed by atoms with Gasteiger partial charge in [0, 0.05) is 5.69 Å². The fourth-order valence-corrected chi connectivity index (χ4v) is 4.39. The Kier molecular flexibility index (Phi) is 4.95. The van der Waals surface area contributed by atoms with Gasteiger partial charge in [-0.1, -0.05) is 29.8 Å². The van der Waals surface area contributed by atoms with Gasteiger partial charge in [0.1, 0.15) is 0 Å². The first kappa shape index (κ1) is 19.0. The fraction of sp³-hybridized carbons (Fsp3) is 0.316. The molecule has 0 aromatic heterocycles. The van der Waals surface area contributed by atoms with Crippen LogP contribution in [-0.2, 0) is 20.2 Å². The number of hydrogen-bond donors (Lipinski definition) is 2. The summed E-state index contributed by atoms with van der Waals surface area (Å²) in [5, 5.41) is 9.27. The Labute approximate surface area is 148 Å². The molecule has 0 radical (unpaired) electrons. The van der Waals surface area contributed by atoms with Crippen LogP contribution in [0.3, 0.4) is 0 Å². The Morgan fingerprint density at radius 1 is 1.00 bits per heavy atom. The SMILES string of the molecule is Cc1cc(C)c(S(=O)(=O)Nc2ccc(C(C)(C)C(=O)O)cc2)c(C)c1. The maximum atomic E-state index is 12.7. The minimum Gasteiger partial charge on any atom is -0.481 e. The molecule has 6 heteroatoms. The first-order chi connectivity index (χ1) is 11.4. The molecule has 2 aromatic rings. The number of nitrogens with one attached hydrogen (secondary N) is 1. The van der Waals surface area contributed by atoms with Crippen molar-refractivity contribution in [2.24, 2.45) is 0 Å². The summed E-state index contributed by atoms with van der Waals surface area (Å²) in [5.74, 6) is -0.938. The van der Waals surface area contributed by atoms with Crippen LogP contribution in [0, 0.1) is 20.8 Å². The third-order valence-corrected chi connectivity index (χ3v) is 5.95. The molecule has 0 heterocycles. The molecule has 0 aliphatic rings. The maximum absolute atomic E-state index is 12.7. The molecule has 0 atom stereocenters. The summed E-state index contributed by atoms with van der Waals surface area (Å²) in [7, 11) is -3.72. The molecule has 0 bridgehead atoms. The number of carboxylic acid groups (broad SMARTS) is 1. The van der Waals surface area contributed by atoms with E-state index >= 15 is 0 Å². The van der Waals surface area contributed by atoms with Gasteiger partial charge < -0.3 is 5.11 Å². The second-order valence-corrected chi connectivity index (χ2v) is 8.46. The number of carboxylic acids is 1. The van der Waals surface area contributed by atoms with Crippen molar-refractivity contribution in [3.05, 3.63) is 58.7 Å². The Morgan fingerprint density at radius 2 is 1.48 bits per heavy atom. The minimum absolute atomic E-state index is 0.271. The van der Waals surface area contributed by atoms with E-state index in [4.69, 9.17) is 0 Å². The fourth-order valence-electron chi connectivity index (χ4n) is 2.88. The van der Waals surface area contributed by atoms with E-state index in [2.05, 4.69) is 4.72 Å². The van der Waals surface area contributed by atoms with E-state index in [1.807, 2.05) is 19.1 Å². The first-order valence-corrected chi connectivity index (χ1v) is 9.38. The highest BCUT2D eigenvalue weighted by molar-refractivity contribution is 7.92. The zero-order chi connectivity index (χ0) is 19.0. The van der Waals surface area contributed by atoms with Crippen LogP contribution in [0.5, 0.6) is 0 Å². The molecule has 5 nitrogen and oxygen atoms in total. The van der Waals surface area contributed by atoms with Crippen LogP contribution in [0.25, 0.3) is 0 Å². The summed E-state index contributed by atoms with van der Waals surface area (Å²) in [6.45, 7) is 8.67. The lowest BCUT2D eigenvalue weighted by atomic mass is 9.85. The van der Waals surface area contributed by atoms with Gasteiger partial charge in [0.2, 0.25) is 0 Å². The summed E-state index contributed by atoms with van der Waals surface area (Å²) in [6, 6.07) is 10.1. The number of carbonyl (C=O) groups is 1. The number of anilines is 1. The summed E-state index contributed by atoms with van der Waals surface area (Å²) < 4.78 is 28.0. The highest BCUT2D eigenvalue weighted by Crippen LogP contribution is 2.27. The zero-order valence-corrected chi connectivity index (χ0v) is 15.9. The molecular weight excluding hydrogens is 338 g/mol. The van der Waals surface area contributed by atoms with Gasteiger partial charge in [0.15, 0.2) is 0 Å². The standard InChI is InChI=1S/C19H23NO4S/c1-12-10-13(2)17(14(3)11-12)25(23,24)20-16-8-6-15(7-9-16)19(4,5)18(21)22/h6-11,20H,1-5H3,(H,21,22). The summed E-state index contributed by atoms with van der Waals surface area (Å²) in [4.78, 5) is 11.6. The van der Waals surface area contributed by atoms with Crippen LogP contribution in [-0.4, -0.2) is 19.5 Å². The Hall–Kier alpha value is -2.34. The van der Waals surface area contributed by atoms with E-state index in [9.17, 15) is 18.3 Å². The van der Waals surface area contributed by atoms with E-state index < -0.39 is 21.4 Å². The maximum Gasteiger partial charge on any atom is 0.313 e. The molecule has 0 amide bonds. The number of benzene rings is 2. The van der Waals surface area contributed by atoms with E-state index in [-0.39, 0.29) is 4.90 Å². The number of aryl methyl sites for hydroxylation is 3. The predicted molar refractivity (Wildman–Crippen MR) is 98.6 cm³/mol. The molecule has 134 valence electrons. The van der Waals surface area contributed by atoms with Crippen LogP contribution in [0.4, 0.5) is 5.69 Å². The van der Waals surface area contributed by atoms with Gasteiger partial charge in [0.25, 0.3) is 10.0 Å². The number of hydrogen-bond acceptors (Lipinski definition) is 3. The van der Waals surface area contributed by atoms with Crippen LogP contribution >= 0.6 is 0 Å². The van der Waals surface area contributed by atoms with Crippen molar-refractivity contribution in [2.45, 2.75) is 44.9 Å². The Balaban J connectivity index is 2.35. The molecule has 2 N–H and O–H groups in total. The van der Waals surface area contributed by atoms with Crippen molar-refractivity contribution in [2.75, 3.05) is 4.72 Å². The van der Waals surface area contributed by atoms with Gasteiger partial charge in [-0.15, -0.1) is 0 Å². The first-order valence-electron chi connectivity index (χ1n) is 7.90. The second kappa shape index (κ2) is 6.52. The summed E-state index contributed by atoms with van der Waals surface area (Å²) >= 11 is 0. The van der Waals surface area contributed by atoms with Crippen molar-refractivity contribution in [3.63, 3.8) is 0 Å². The van der Waals surface area contributed by atoms with E-state index in [0.717, 1.165) is 5.56 Å². The van der Waals surface area contributed by atoms with Gasteiger partial charge in [-0.05, 0) is 63.4 Å². The van der Waals surface area contributed by atoms with Gasteiger partial charge in [-0.25, -0.2) is 8.42 Å². The number of aliphatic carboxylic acids is 1. The van der Waals surface area contributed by atoms with Crippen LogP contribution < -0.4 is 4.72 Å². The number of sulfonamides is 1. The third-order valence-electron chi connectivity index (χ3n) is 4.27. The molecule has 0 saturated carbocycles. The van der Waals surface area contributed by atoms with Crippen LogP contribution in [0.2, 0.25) is 0 Å². The molecule has 0 saturated heterocycles. The third kappa shape index (κ3) is 3.85. The van der Waals surface area contributed by atoms with Gasteiger partial charge in [0.05, 0.1) is 10.3 Å². The highest BCUT2D eigenvalue weighted by atomic mass is 32.2. The smallest absolute Gasteiger partial charge is 0.313 e. The molecule has 0 spiro atoms. The van der Waals surface area contributed by atoms with Crippen molar-refractivity contribution in [3.8, 4) is 0 Å². The lowest BCUT2D eigenvalue weighted by Gasteiger charge is -2.20. The minimum atomic E-state index is -3.72. The van der Waals surface area contributed by atoms with Crippen molar-refractivity contribution >= 4 is 21.7 Å². The van der Waals surface area contributed by atoms with Gasteiger partial charge in [-0.3, -0.25) is 9.52 Å². The lowest BCUT2D eigenvalue weighted by molar-refractivity contribution is -0.142. The Morgan fingerprint density at radius 3 is 1.92 bits per heavy atom. The molecule has 0 aliphatic heterocycles. The average molecular weight is 361 g/mol. The molecule has 2 rings (SSSR count). The lowest BCUT2D eigenvalue weighted by Crippen LogP contribution is -2.28. The zero-order valence-electron chi connectivity index (χ0n) is 15.0. The van der Waals surface area contributed by atoms with Crippen LogP contribution in [0.1, 0.15) is 36.1 Å². The van der Waals surface area contributed by atoms with Crippen molar-refractivity contribution in [1.29, 1.82) is 0 Å². The normalized spacial score (nSPS) is 12.0. The van der Waals surface area contributed by atoms with E-state index in [0.29, 0.717) is 22.4 Å². The van der Waals surface area contributed by atoms with Crippen LogP contribution in [0.15, 0.2) is 41.3 Å². The molecule has 0 unspecified atom stereocenters.